The molecular formula is C22H20CrN3NaO7S+4. The molecule has 0 fully saturated rings. The molecule has 4 aromatic carbocycles. The predicted molar refractivity (Wildman–Crippen MR) is 128 cm³/mol. The van der Waals surface area contributed by atoms with E-state index in [4.69, 9.17) is 15.1 Å². The number of fused-ring (bicyclic) bond motifs is 2. The molecule has 4 aromatic rings. The van der Waals surface area contributed by atoms with E-state index in [-0.39, 0.29) is 95.8 Å². The molecule has 0 unspecified atom stereocenters. The van der Waals surface area contributed by atoms with Crippen LogP contribution in [0, 0.1) is 25.0 Å². The zero-order valence-corrected chi connectivity index (χ0v) is 23.1. The predicted octanol–water partition coefficient (Wildman–Crippen LogP) is 2.80. The normalized spacial score (nSPS) is 10.1. The van der Waals surface area contributed by atoms with E-state index in [1.54, 1.807) is 6.07 Å². The second kappa shape index (κ2) is 14.0. The van der Waals surface area contributed by atoms with Crippen LogP contribution in [0.25, 0.3) is 21.5 Å². The van der Waals surface area contributed by atoms with Gasteiger partial charge in [-0.15, -0.1) is 10.2 Å². The van der Waals surface area contributed by atoms with Crippen molar-refractivity contribution in [3.63, 3.8) is 0 Å². The van der Waals surface area contributed by atoms with Gasteiger partial charge in [0.15, 0.2) is 17.1 Å². The summed E-state index contributed by atoms with van der Waals surface area (Å²) in [5.74, 6) is 0.101. The molecule has 174 valence electrons. The van der Waals surface area contributed by atoms with Crippen LogP contribution in [-0.2, 0) is 39.6 Å². The van der Waals surface area contributed by atoms with E-state index >= 15 is 0 Å². The van der Waals surface area contributed by atoms with E-state index in [9.17, 15) is 10.1 Å². The summed E-state index contributed by atoms with van der Waals surface area (Å²) >= 11 is 4.19. The quantitative estimate of drug-likeness (QED) is 0.0533. The summed E-state index contributed by atoms with van der Waals surface area (Å²) in [6.45, 7) is 0. The number of nitrogens with zero attached hydrogens (tertiary/aromatic N) is 3. The number of rotatable bonds is 6. The number of non-ortho nitro benzene ring substituents is 1. The van der Waals surface area contributed by atoms with Crippen molar-refractivity contribution in [2.75, 3.05) is 0 Å². The van der Waals surface area contributed by atoms with Crippen LogP contribution in [0.4, 0.5) is 17.1 Å². The SMILES string of the molecule is O=[N+]([O-])c1ccc2c(N=Nc3ccc4ccccc4c3[OH2+])c([OH2+])cc(OOO[S-])c2c1.[CH3+].[CH3+].[Cr].[Na+]. The molecule has 0 spiro atoms. The zero-order chi connectivity index (χ0) is 22.0. The second-order valence-corrected chi connectivity index (χ2v) is 6.49. The number of benzene rings is 4. The largest absolute Gasteiger partial charge is 1.00 e. The van der Waals surface area contributed by atoms with Gasteiger partial charge in [-0.2, -0.15) is 0 Å². The molecule has 0 bridgehead atoms. The van der Waals surface area contributed by atoms with Gasteiger partial charge in [0.25, 0.3) is 17.2 Å². The third-order valence-electron chi connectivity index (χ3n) is 4.58. The minimum absolute atomic E-state index is 0. The fourth-order valence-electron chi connectivity index (χ4n) is 3.15. The van der Waals surface area contributed by atoms with E-state index in [0.717, 1.165) is 10.8 Å². The van der Waals surface area contributed by atoms with Gasteiger partial charge in [-0.1, -0.05) is 24.3 Å². The molecule has 0 saturated carbocycles. The average molecular weight is 545 g/mol. The Morgan fingerprint density at radius 2 is 1.63 bits per heavy atom. The van der Waals surface area contributed by atoms with Crippen LogP contribution in [0.2, 0.25) is 0 Å². The van der Waals surface area contributed by atoms with Crippen molar-refractivity contribution in [1.82, 2.24) is 0 Å². The van der Waals surface area contributed by atoms with Crippen LogP contribution >= 0.6 is 0 Å². The zero-order valence-electron chi connectivity index (χ0n) is 19.0. The van der Waals surface area contributed by atoms with Crippen LogP contribution in [0.1, 0.15) is 0 Å². The van der Waals surface area contributed by atoms with Gasteiger partial charge < -0.3 is 32.3 Å². The Morgan fingerprint density at radius 1 is 0.914 bits per heavy atom. The van der Waals surface area contributed by atoms with Gasteiger partial charge in [0, 0.05) is 55.1 Å². The van der Waals surface area contributed by atoms with Crippen LogP contribution in [0.3, 0.4) is 0 Å². The summed E-state index contributed by atoms with van der Waals surface area (Å²) in [5.41, 5.74) is 0.265. The van der Waals surface area contributed by atoms with E-state index < -0.39 is 4.92 Å². The Hall–Kier alpha value is -2.66. The molecule has 0 aliphatic rings. The number of nitro benzene ring substituents is 1. The molecule has 4 N–H and O–H groups in total. The Bertz CT molecular complexity index is 1360. The fourth-order valence-corrected chi connectivity index (χ4v) is 3.18. The fraction of sp³-hybridized carbons (Fsp3) is 0. The number of azo groups is 1. The molecule has 0 aliphatic heterocycles. The van der Waals surface area contributed by atoms with Gasteiger partial charge >= 0.3 is 29.6 Å². The van der Waals surface area contributed by atoms with Gasteiger partial charge in [0.05, 0.1) is 16.4 Å². The molecule has 0 aliphatic carbocycles. The first-order chi connectivity index (χ1) is 15.0. The van der Waals surface area contributed by atoms with Crippen LogP contribution in [0.15, 0.2) is 70.9 Å². The second-order valence-electron chi connectivity index (χ2n) is 6.36. The van der Waals surface area contributed by atoms with E-state index in [1.165, 1.54) is 24.3 Å². The monoisotopic (exact) mass is 545 g/mol. The van der Waals surface area contributed by atoms with Gasteiger partial charge in [-0.25, -0.2) is 0 Å². The summed E-state index contributed by atoms with van der Waals surface area (Å²) in [7, 11) is 0. The molecule has 10 nitrogen and oxygen atoms in total. The molecule has 0 radical (unpaired) electrons. The van der Waals surface area contributed by atoms with Gasteiger partial charge in [-0.3, -0.25) is 10.1 Å². The maximum absolute atomic E-state index is 11.2. The first-order valence-electron chi connectivity index (χ1n) is 8.74. The van der Waals surface area contributed by atoms with Crippen molar-refractivity contribution in [3.05, 3.63) is 85.6 Å². The van der Waals surface area contributed by atoms with Crippen molar-refractivity contribution < 1.29 is 76.3 Å². The van der Waals surface area contributed by atoms with E-state index in [2.05, 4.69) is 32.5 Å². The van der Waals surface area contributed by atoms with Crippen LogP contribution in [0.5, 0.6) is 17.2 Å². The number of nitro groups is 1. The van der Waals surface area contributed by atoms with Gasteiger partial charge in [0.1, 0.15) is 0 Å². The maximum atomic E-state index is 11.2. The standard InChI is InChI=1S/C20H13N3O7S.2CH3.Cr.Na/c24-17-10-18(28-29-30-31)15-9-12(23(26)27)6-7-14(15)19(17)22-21-16-8-5-11-3-1-2-4-13(11)20(16)25;;;;/h1-10,24-25,31H;2*1H3;;/q;2*+1;;+1/p+1. The molecule has 0 amide bonds. The van der Waals surface area contributed by atoms with Crippen molar-refractivity contribution in [1.29, 1.82) is 0 Å². The van der Waals surface area contributed by atoms with E-state index in [0.29, 0.717) is 11.1 Å². The first-order valence-corrected chi connectivity index (χ1v) is 9.08. The van der Waals surface area contributed by atoms with Crippen molar-refractivity contribution in [2.45, 2.75) is 0 Å². The Labute approximate surface area is 239 Å². The van der Waals surface area contributed by atoms with E-state index in [1.807, 2.05) is 30.3 Å². The maximum Gasteiger partial charge on any atom is 1.00 e. The van der Waals surface area contributed by atoms with Crippen molar-refractivity contribution >= 4 is 51.5 Å². The summed E-state index contributed by atoms with van der Waals surface area (Å²) in [6.07, 6.45) is 0. The molecule has 35 heavy (non-hydrogen) atoms. The Morgan fingerprint density at radius 3 is 2.31 bits per heavy atom. The molecule has 0 saturated heterocycles. The first kappa shape index (κ1) is 32.3. The van der Waals surface area contributed by atoms with Gasteiger partial charge in [0.2, 0.25) is 0 Å². The average Bonchev–Trinajstić information content (AvgIpc) is 2.78. The summed E-state index contributed by atoms with van der Waals surface area (Å²) in [4.78, 5) is 15.5. The molecule has 0 heterocycles. The molecule has 4 rings (SSSR count). The third kappa shape index (κ3) is 6.73. The minimum atomic E-state index is -0.565. The van der Waals surface area contributed by atoms with Crippen LogP contribution < -0.4 is 34.4 Å². The number of hydrogen-bond donors (Lipinski definition) is 0. The molecule has 0 atom stereocenters. The summed E-state index contributed by atoms with van der Waals surface area (Å²) in [5, 5.41) is 42.7. The topological polar surface area (TPSA) is 141 Å². The van der Waals surface area contributed by atoms with Crippen molar-refractivity contribution in [3.8, 4) is 17.2 Å². The molecule has 13 heteroatoms. The van der Waals surface area contributed by atoms with Gasteiger partial charge in [-0.05, 0) is 28.6 Å². The molecular weight excluding hydrogens is 525 g/mol. The number of hydrogen-bond acceptors (Lipinski definition) is 8. The van der Waals surface area contributed by atoms with Crippen LogP contribution in [-0.4, -0.2) is 15.1 Å². The van der Waals surface area contributed by atoms with Crippen molar-refractivity contribution in [2.24, 2.45) is 10.2 Å². The third-order valence-corrected chi connectivity index (χ3v) is 4.64. The summed E-state index contributed by atoms with van der Waals surface area (Å²) in [6, 6.07) is 16.1. The minimum Gasteiger partial charge on any atom is -0.592 e. The smallest absolute Gasteiger partial charge is 0.592 e. The Balaban J connectivity index is 0.00000289. The molecule has 0 aromatic heterocycles. The summed E-state index contributed by atoms with van der Waals surface area (Å²) < 4.78 is 4.00. The Kier molecular flexibility index (Phi) is 13.0.